The van der Waals surface area contributed by atoms with Gasteiger partial charge in [-0.1, -0.05) is 6.07 Å². The van der Waals surface area contributed by atoms with E-state index in [-0.39, 0.29) is 12.3 Å². The molecule has 0 unspecified atom stereocenters. The van der Waals surface area contributed by atoms with E-state index in [0.29, 0.717) is 24.5 Å². The van der Waals surface area contributed by atoms with Crippen molar-refractivity contribution in [3.05, 3.63) is 59.4 Å². The number of pyridine rings is 1. The minimum absolute atomic E-state index is 0.0398. The number of rotatable bonds is 8. The van der Waals surface area contributed by atoms with Gasteiger partial charge in [-0.05, 0) is 36.2 Å². The fourth-order valence-electron chi connectivity index (χ4n) is 2.62. The minimum Gasteiger partial charge on any atom is -0.493 e. The number of ether oxygens (including phenoxy) is 2. The van der Waals surface area contributed by atoms with Crippen molar-refractivity contribution in [2.45, 2.75) is 12.8 Å². The van der Waals surface area contributed by atoms with Gasteiger partial charge in [-0.3, -0.25) is 9.78 Å². The number of carbonyl (C=O) groups excluding carboxylic acids is 1. The zero-order chi connectivity index (χ0) is 19.1. The molecule has 3 aromatic rings. The van der Waals surface area contributed by atoms with Crippen LogP contribution in [0, 0.1) is 0 Å². The Labute approximate surface area is 162 Å². The second-order valence-corrected chi connectivity index (χ2v) is 6.70. The van der Waals surface area contributed by atoms with Crippen molar-refractivity contribution in [2.75, 3.05) is 20.8 Å². The molecule has 0 aliphatic heterocycles. The van der Waals surface area contributed by atoms with Gasteiger partial charge in [-0.2, -0.15) is 0 Å². The third kappa shape index (κ3) is 5.04. The zero-order valence-corrected chi connectivity index (χ0v) is 16.1. The first kappa shape index (κ1) is 18.8. The number of thiazole rings is 1. The number of aromatic nitrogens is 2. The summed E-state index contributed by atoms with van der Waals surface area (Å²) in [5.41, 5.74) is 2.85. The molecule has 0 spiro atoms. The van der Waals surface area contributed by atoms with E-state index in [1.807, 2.05) is 35.7 Å². The molecule has 2 heterocycles. The minimum atomic E-state index is -0.0398. The van der Waals surface area contributed by atoms with Crippen molar-refractivity contribution in [2.24, 2.45) is 0 Å². The predicted molar refractivity (Wildman–Crippen MR) is 105 cm³/mol. The van der Waals surface area contributed by atoms with Gasteiger partial charge in [-0.25, -0.2) is 4.98 Å². The first-order valence-corrected chi connectivity index (χ1v) is 9.40. The van der Waals surface area contributed by atoms with Gasteiger partial charge in [-0.15, -0.1) is 11.3 Å². The third-order valence-corrected chi connectivity index (χ3v) is 4.94. The summed E-state index contributed by atoms with van der Waals surface area (Å²) >= 11 is 1.53. The molecule has 27 heavy (non-hydrogen) atoms. The molecule has 0 radical (unpaired) electrons. The number of hydrogen-bond acceptors (Lipinski definition) is 6. The standard InChI is InChI=1S/C20H21N3O3S/c1-25-17-4-3-14(11-18(17)26-2)5-10-22-19(24)12-16-13-27-20(23-16)15-6-8-21-9-7-15/h3-4,6-9,11,13H,5,10,12H2,1-2H3,(H,22,24). The maximum Gasteiger partial charge on any atom is 0.226 e. The van der Waals surface area contributed by atoms with Crippen LogP contribution >= 0.6 is 11.3 Å². The van der Waals surface area contributed by atoms with E-state index >= 15 is 0 Å². The molecular formula is C20H21N3O3S. The van der Waals surface area contributed by atoms with Crippen LogP contribution in [0.3, 0.4) is 0 Å². The average Bonchev–Trinajstić information content (AvgIpc) is 3.17. The Bertz CT molecular complexity index is 896. The number of amides is 1. The van der Waals surface area contributed by atoms with Crippen LogP contribution in [0.4, 0.5) is 0 Å². The lowest BCUT2D eigenvalue weighted by atomic mass is 10.1. The van der Waals surface area contributed by atoms with Crippen LogP contribution in [0.5, 0.6) is 11.5 Å². The molecule has 140 valence electrons. The lowest BCUT2D eigenvalue weighted by Crippen LogP contribution is -2.27. The quantitative estimate of drug-likeness (QED) is 0.647. The molecule has 0 bridgehead atoms. The van der Waals surface area contributed by atoms with E-state index in [9.17, 15) is 4.79 Å². The summed E-state index contributed by atoms with van der Waals surface area (Å²) in [6.07, 6.45) is 4.45. The molecule has 0 aliphatic carbocycles. The predicted octanol–water partition coefficient (Wildman–Crippen LogP) is 3.12. The zero-order valence-electron chi connectivity index (χ0n) is 15.3. The fourth-order valence-corrected chi connectivity index (χ4v) is 3.45. The molecule has 0 aliphatic rings. The van der Waals surface area contributed by atoms with Gasteiger partial charge in [0.05, 0.1) is 26.3 Å². The molecule has 1 aromatic carbocycles. The Kier molecular flexibility index (Phi) is 6.38. The second kappa shape index (κ2) is 9.14. The Morgan fingerprint density at radius 3 is 2.63 bits per heavy atom. The molecule has 2 aromatic heterocycles. The molecule has 1 N–H and O–H groups in total. The van der Waals surface area contributed by atoms with E-state index in [2.05, 4.69) is 15.3 Å². The fraction of sp³-hybridized carbons (Fsp3) is 0.250. The van der Waals surface area contributed by atoms with Crippen molar-refractivity contribution in [3.63, 3.8) is 0 Å². The van der Waals surface area contributed by atoms with Crippen molar-refractivity contribution < 1.29 is 14.3 Å². The van der Waals surface area contributed by atoms with Gasteiger partial charge >= 0.3 is 0 Å². The molecule has 3 rings (SSSR count). The molecule has 6 nitrogen and oxygen atoms in total. The van der Waals surface area contributed by atoms with Crippen molar-refractivity contribution >= 4 is 17.2 Å². The second-order valence-electron chi connectivity index (χ2n) is 5.85. The topological polar surface area (TPSA) is 73.3 Å². The number of nitrogens with one attached hydrogen (secondary N) is 1. The Balaban J connectivity index is 1.50. The average molecular weight is 383 g/mol. The molecule has 0 fully saturated rings. The van der Waals surface area contributed by atoms with Crippen LogP contribution in [0.2, 0.25) is 0 Å². The first-order valence-electron chi connectivity index (χ1n) is 8.52. The number of benzene rings is 1. The first-order chi connectivity index (χ1) is 13.2. The molecule has 0 atom stereocenters. The summed E-state index contributed by atoms with van der Waals surface area (Å²) < 4.78 is 10.5. The monoisotopic (exact) mass is 383 g/mol. The number of carbonyl (C=O) groups is 1. The summed E-state index contributed by atoms with van der Waals surface area (Å²) in [6, 6.07) is 9.57. The lowest BCUT2D eigenvalue weighted by molar-refractivity contribution is -0.120. The number of hydrogen-bond donors (Lipinski definition) is 1. The van der Waals surface area contributed by atoms with Crippen LogP contribution in [0.25, 0.3) is 10.6 Å². The SMILES string of the molecule is COc1ccc(CCNC(=O)Cc2csc(-c3ccncc3)n2)cc1OC. The van der Waals surface area contributed by atoms with Gasteiger partial charge in [0.2, 0.25) is 5.91 Å². The van der Waals surface area contributed by atoms with Crippen molar-refractivity contribution in [1.82, 2.24) is 15.3 Å². The molecule has 0 saturated heterocycles. The highest BCUT2D eigenvalue weighted by Crippen LogP contribution is 2.27. The van der Waals surface area contributed by atoms with E-state index in [1.54, 1.807) is 26.6 Å². The highest BCUT2D eigenvalue weighted by Gasteiger charge is 2.09. The Morgan fingerprint density at radius 1 is 1.11 bits per heavy atom. The van der Waals surface area contributed by atoms with Gasteiger partial charge in [0, 0.05) is 29.9 Å². The highest BCUT2D eigenvalue weighted by atomic mass is 32.1. The lowest BCUT2D eigenvalue weighted by Gasteiger charge is -2.10. The summed E-state index contributed by atoms with van der Waals surface area (Å²) in [5, 5.41) is 5.75. The number of methoxy groups -OCH3 is 2. The molecule has 0 saturated carbocycles. The van der Waals surface area contributed by atoms with Crippen molar-refractivity contribution in [1.29, 1.82) is 0 Å². The van der Waals surface area contributed by atoms with E-state index < -0.39 is 0 Å². The molecule has 1 amide bonds. The van der Waals surface area contributed by atoms with Crippen LogP contribution < -0.4 is 14.8 Å². The summed E-state index contributed by atoms with van der Waals surface area (Å²) in [6.45, 7) is 0.551. The van der Waals surface area contributed by atoms with Gasteiger partial charge in [0.25, 0.3) is 0 Å². The molecular weight excluding hydrogens is 362 g/mol. The summed E-state index contributed by atoms with van der Waals surface area (Å²) in [4.78, 5) is 20.7. The summed E-state index contributed by atoms with van der Waals surface area (Å²) in [7, 11) is 3.22. The number of nitrogens with zero attached hydrogens (tertiary/aromatic N) is 2. The van der Waals surface area contributed by atoms with Crippen LogP contribution in [-0.4, -0.2) is 36.6 Å². The van der Waals surface area contributed by atoms with Crippen molar-refractivity contribution in [3.8, 4) is 22.1 Å². The molecule has 7 heteroatoms. The summed E-state index contributed by atoms with van der Waals surface area (Å²) in [5.74, 6) is 1.34. The normalized spacial score (nSPS) is 10.4. The van der Waals surface area contributed by atoms with Gasteiger partial charge in [0.15, 0.2) is 11.5 Å². The van der Waals surface area contributed by atoms with Gasteiger partial charge in [0.1, 0.15) is 5.01 Å². The third-order valence-electron chi connectivity index (χ3n) is 4.00. The Morgan fingerprint density at radius 2 is 1.89 bits per heavy atom. The maximum absolute atomic E-state index is 12.2. The largest absolute Gasteiger partial charge is 0.493 e. The van der Waals surface area contributed by atoms with Gasteiger partial charge < -0.3 is 14.8 Å². The Hall–Kier alpha value is -2.93. The highest BCUT2D eigenvalue weighted by molar-refractivity contribution is 7.13. The van der Waals surface area contributed by atoms with Crippen LogP contribution in [0.15, 0.2) is 48.1 Å². The van der Waals surface area contributed by atoms with E-state index in [4.69, 9.17) is 9.47 Å². The van der Waals surface area contributed by atoms with Crippen LogP contribution in [-0.2, 0) is 17.6 Å². The smallest absolute Gasteiger partial charge is 0.226 e. The maximum atomic E-state index is 12.2. The van der Waals surface area contributed by atoms with Crippen LogP contribution in [0.1, 0.15) is 11.3 Å². The van der Waals surface area contributed by atoms with E-state index in [0.717, 1.165) is 21.8 Å². The van der Waals surface area contributed by atoms with E-state index in [1.165, 1.54) is 11.3 Å².